The summed E-state index contributed by atoms with van der Waals surface area (Å²) in [7, 11) is 0. The number of hydrogen-bond donors (Lipinski definition) is 2. The Hall–Kier alpha value is -2.89. The second-order valence-electron chi connectivity index (χ2n) is 5.36. The first kappa shape index (κ1) is 18.4. The van der Waals surface area contributed by atoms with E-state index in [-0.39, 0.29) is 23.7 Å². The van der Waals surface area contributed by atoms with Crippen LogP contribution in [0.3, 0.4) is 0 Å². The van der Waals surface area contributed by atoms with Gasteiger partial charge < -0.3 is 15.8 Å². The standard InChI is InChI=1S/C19H22FN3O2/c1-2-3-4-5-12-25-16-10-6-8-14(17(16)20)13-23-19(24)15-9-7-11-22-18(15)21/h3-4,6-11H,2,5,12-13H2,1H3,(H2,21,22)(H,23,24)/b4-3+. The average molecular weight is 343 g/mol. The molecule has 1 amide bonds. The molecule has 1 heterocycles. The predicted octanol–water partition coefficient (Wildman–Crippen LogP) is 3.47. The number of nitrogen functional groups attached to an aromatic ring is 1. The monoisotopic (exact) mass is 343 g/mol. The Morgan fingerprint density at radius 3 is 2.92 bits per heavy atom. The minimum Gasteiger partial charge on any atom is -0.490 e. The van der Waals surface area contributed by atoms with Gasteiger partial charge in [0.2, 0.25) is 0 Å². The molecule has 0 spiro atoms. The van der Waals surface area contributed by atoms with Crippen molar-refractivity contribution >= 4 is 11.7 Å². The summed E-state index contributed by atoms with van der Waals surface area (Å²) in [5, 5.41) is 2.64. The second-order valence-corrected chi connectivity index (χ2v) is 5.36. The molecule has 0 unspecified atom stereocenters. The fraction of sp³-hybridized carbons (Fsp3) is 0.263. The van der Waals surface area contributed by atoms with Gasteiger partial charge in [-0.25, -0.2) is 9.37 Å². The number of nitrogens with two attached hydrogens (primary N) is 1. The highest BCUT2D eigenvalue weighted by Gasteiger charge is 2.13. The molecule has 5 nitrogen and oxygen atoms in total. The van der Waals surface area contributed by atoms with E-state index in [1.165, 1.54) is 6.20 Å². The Morgan fingerprint density at radius 1 is 1.32 bits per heavy atom. The number of amides is 1. The van der Waals surface area contributed by atoms with Gasteiger partial charge in [-0.2, -0.15) is 0 Å². The third-order valence-corrected chi connectivity index (χ3v) is 3.51. The van der Waals surface area contributed by atoms with E-state index in [1.807, 2.05) is 19.1 Å². The summed E-state index contributed by atoms with van der Waals surface area (Å²) in [6.07, 6.45) is 7.22. The third kappa shape index (κ3) is 5.31. The molecule has 0 radical (unpaired) electrons. The molecule has 25 heavy (non-hydrogen) atoms. The van der Waals surface area contributed by atoms with E-state index in [4.69, 9.17) is 10.5 Å². The number of halogens is 1. The van der Waals surface area contributed by atoms with Crippen LogP contribution in [0, 0.1) is 5.82 Å². The lowest BCUT2D eigenvalue weighted by molar-refractivity contribution is 0.0951. The molecule has 0 aliphatic heterocycles. The Kier molecular flexibility index (Phi) is 6.95. The Bertz CT molecular complexity index is 747. The van der Waals surface area contributed by atoms with Gasteiger partial charge in [0.25, 0.3) is 5.91 Å². The maximum atomic E-state index is 14.4. The van der Waals surface area contributed by atoms with Gasteiger partial charge in [-0.15, -0.1) is 0 Å². The minimum atomic E-state index is -0.471. The van der Waals surface area contributed by atoms with Gasteiger partial charge >= 0.3 is 0 Å². The smallest absolute Gasteiger partial charge is 0.255 e. The molecular formula is C19H22FN3O2. The lowest BCUT2D eigenvalue weighted by Crippen LogP contribution is -2.24. The summed E-state index contributed by atoms with van der Waals surface area (Å²) in [6, 6.07) is 8.06. The number of carbonyl (C=O) groups excluding carboxylic acids is 1. The van der Waals surface area contributed by atoms with Gasteiger partial charge in [0.1, 0.15) is 5.82 Å². The molecule has 0 atom stereocenters. The first-order chi connectivity index (χ1) is 12.1. The second kappa shape index (κ2) is 9.42. The van der Waals surface area contributed by atoms with E-state index in [1.54, 1.807) is 30.3 Å². The van der Waals surface area contributed by atoms with Crippen molar-refractivity contribution in [2.24, 2.45) is 0 Å². The summed E-state index contributed by atoms with van der Waals surface area (Å²) < 4.78 is 19.9. The predicted molar refractivity (Wildman–Crippen MR) is 95.8 cm³/mol. The number of hydrogen-bond acceptors (Lipinski definition) is 4. The first-order valence-electron chi connectivity index (χ1n) is 8.17. The fourth-order valence-electron chi connectivity index (χ4n) is 2.21. The third-order valence-electron chi connectivity index (χ3n) is 3.51. The van der Waals surface area contributed by atoms with E-state index in [0.29, 0.717) is 18.6 Å². The molecule has 2 aromatic rings. The quantitative estimate of drug-likeness (QED) is 0.568. The molecule has 1 aromatic carbocycles. The van der Waals surface area contributed by atoms with Crippen LogP contribution in [-0.4, -0.2) is 17.5 Å². The highest BCUT2D eigenvalue weighted by Crippen LogP contribution is 2.21. The maximum Gasteiger partial charge on any atom is 0.255 e. The largest absolute Gasteiger partial charge is 0.490 e. The zero-order valence-electron chi connectivity index (χ0n) is 14.2. The van der Waals surface area contributed by atoms with E-state index >= 15 is 0 Å². The Morgan fingerprint density at radius 2 is 2.16 bits per heavy atom. The van der Waals surface area contributed by atoms with Crippen molar-refractivity contribution in [2.45, 2.75) is 26.3 Å². The molecule has 0 saturated heterocycles. The van der Waals surface area contributed by atoms with Crippen LogP contribution in [0.2, 0.25) is 0 Å². The number of nitrogens with one attached hydrogen (secondary N) is 1. The van der Waals surface area contributed by atoms with E-state index in [9.17, 15) is 9.18 Å². The first-order valence-corrected chi connectivity index (χ1v) is 8.17. The Balaban J connectivity index is 1.96. The Labute approximate surface area is 146 Å². The number of nitrogens with zero attached hydrogens (tertiary/aromatic N) is 1. The summed E-state index contributed by atoms with van der Waals surface area (Å²) in [6.45, 7) is 2.48. The van der Waals surface area contributed by atoms with Crippen LogP contribution in [0.1, 0.15) is 35.7 Å². The van der Waals surface area contributed by atoms with Crippen LogP contribution >= 0.6 is 0 Å². The number of pyridine rings is 1. The van der Waals surface area contributed by atoms with Gasteiger partial charge in [-0.05, 0) is 31.0 Å². The van der Waals surface area contributed by atoms with Crippen molar-refractivity contribution in [3.63, 3.8) is 0 Å². The zero-order valence-corrected chi connectivity index (χ0v) is 14.2. The van der Waals surface area contributed by atoms with Gasteiger partial charge in [0, 0.05) is 18.3 Å². The van der Waals surface area contributed by atoms with Crippen molar-refractivity contribution in [3.8, 4) is 5.75 Å². The highest BCUT2D eigenvalue weighted by atomic mass is 19.1. The summed E-state index contributed by atoms with van der Waals surface area (Å²) in [5.41, 5.74) is 6.27. The van der Waals surface area contributed by atoms with E-state index in [2.05, 4.69) is 10.3 Å². The number of aromatic nitrogens is 1. The van der Waals surface area contributed by atoms with Crippen LogP contribution in [0.25, 0.3) is 0 Å². The van der Waals surface area contributed by atoms with Crippen molar-refractivity contribution in [1.82, 2.24) is 10.3 Å². The van der Waals surface area contributed by atoms with Crippen molar-refractivity contribution in [1.29, 1.82) is 0 Å². The van der Waals surface area contributed by atoms with Crippen LogP contribution < -0.4 is 15.8 Å². The summed E-state index contributed by atoms with van der Waals surface area (Å²) in [5.74, 6) is -0.558. The zero-order chi connectivity index (χ0) is 18.1. The molecule has 6 heteroatoms. The molecular weight excluding hydrogens is 321 g/mol. The van der Waals surface area contributed by atoms with Gasteiger partial charge in [-0.3, -0.25) is 4.79 Å². The van der Waals surface area contributed by atoms with Crippen LogP contribution in [0.4, 0.5) is 10.2 Å². The molecule has 0 saturated carbocycles. The molecule has 0 aliphatic carbocycles. The van der Waals surface area contributed by atoms with Crippen LogP contribution in [0.5, 0.6) is 5.75 Å². The number of ether oxygens (including phenoxy) is 1. The number of benzene rings is 1. The van der Waals surface area contributed by atoms with Crippen molar-refractivity contribution < 1.29 is 13.9 Å². The molecule has 0 bridgehead atoms. The topological polar surface area (TPSA) is 77.2 Å². The van der Waals surface area contributed by atoms with Gasteiger partial charge in [0.05, 0.1) is 12.2 Å². The number of allylic oxidation sites excluding steroid dienone is 1. The highest BCUT2D eigenvalue weighted by molar-refractivity contribution is 5.98. The lowest BCUT2D eigenvalue weighted by Gasteiger charge is -2.11. The summed E-state index contributed by atoms with van der Waals surface area (Å²) >= 11 is 0. The molecule has 3 N–H and O–H groups in total. The molecule has 2 rings (SSSR count). The van der Waals surface area contributed by atoms with Crippen LogP contribution in [-0.2, 0) is 6.54 Å². The van der Waals surface area contributed by atoms with E-state index in [0.717, 1.165) is 6.42 Å². The molecule has 1 aromatic heterocycles. The summed E-state index contributed by atoms with van der Waals surface area (Å²) in [4.78, 5) is 16.0. The van der Waals surface area contributed by atoms with E-state index < -0.39 is 11.7 Å². The van der Waals surface area contributed by atoms with Crippen molar-refractivity contribution in [2.75, 3.05) is 12.3 Å². The average Bonchev–Trinajstić information content (AvgIpc) is 2.62. The minimum absolute atomic E-state index is 0.0337. The van der Waals surface area contributed by atoms with Crippen LogP contribution in [0.15, 0.2) is 48.7 Å². The SMILES string of the molecule is CC/C=C/CCOc1cccc(CNC(=O)c2cccnc2N)c1F. The van der Waals surface area contributed by atoms with Gasteiger partial charge in [0.15, 0.2) is 11.6 Å². The van der Waals surface area contributed by atoms with Crippen molar-refractivity contribution in [3.05, 3.63) is 65.6 Å². The number of anilines is 1. The van der Waals surface area contributed by atoms with Gasteiger partial charge in [-0.1, -0.05) is 31.2 Å². The number of rotatable bonds is 8. The number of carbonyl (C=O) groups is 1. The lowest BCUT2D eigenvalue weighted by atomic mass is 10.2. The molecule has 132 valence electrons. The normalized spacial score (nSPS) is 10.8. The molecule has 0 aliphatic rings. The maximum absolute atomic E-state index is 14.4. The fourth-order valence-corrected chi connectivity index (χ4v) is 2.21. The molecule has 0 fully saturated rings.